The zero-order chi connectivity index (χ0) is 22.8. The molecule has 1 aromatic heterocycles. The molecule has 9 heteroatoms. The molecule has 29 heavy (non-hydrogen) atoms. The van der Waals surface area contributed by atoms with E-state index in [-0.39, 0.29) is 10.8 Å². The molecule has 0 unspecified atom stereocenters. The second kappa shape index (κ2) is 8.36. The van der Waals surface area contributed by atoms with Crippen molar-refractivity contribution in [2.24, 2.45) is 0 Å². The van der Waals surface area contributed by atoms with Crippen molar-refractivity contribution in [1.29, 1.82) is 0 Å². The Morgan fingerprint density at radius 3 is 1.28 bits per heavy atom. The van der Waals surface area contributed by atoms with Gasteiger partial charge in [-0.2, -0.15) is 13.2 Å². The van der Waals surface area contributed by atoms with Crippen LogP contribution in [0.25, 0.3) is 11.1 Å². The maximum absolute atomic E-state index is 12.7. The molecule has 0 fully saturated rings. The van der Waals surface area contributed by atoms with E-state index in [1.165, 1.54) is 12.1 Å². The number of hydrogen-bond acceptors (Lipinski definition) is 0. The maximum atomic E-state index is 12.7. The number of benzene rings is 1. The van der Waals surface area contributed by atoms with Crippen molar-refractivity contribution in [3.05, 3.63) is 53.5 Å². The summed E-state index contributed by atoms with van der Waals surface area (Å²) in [7, 11) is -6.00. The van der Waals surface area contributed by atoms with Gasteiger partial charge in [0.2, 0.25) is 0 Å². The van der Waals surface area contributed by atoms with Gasteiger partial charge >= 0.3 is 25.0 Å². The van der Waals surface area contributed by atoms with Crippen LogP contribution in [-0.4, -0.2) is 7.25 Å². The van der Waals surface area contributed by atoms with E-state index < -0.39 is 19.0 Å². The summed E-state index contributed by atoms with van der Waals surface area (Å²) in [6.45, 7) is 12.3. The van der Waals surface area contributed by atoms with Crippen LogP contribution < -0.4 is 0 Å². The maximum Gasteiger partial charge on any atom is 0.673 e. The summed E-state index contributed by atoms with van der Waals surface area (Å²) in [5, 5.41) is 0. The molecule has 0 aliphatic carbocycles. The zero-order valence-corrected chi connectivity index (χ0v) is 17.1. The third kappa shape index (κ3) is 8.46. The number of rotatable bonds is 1. The van der Waals surface area contributed by atoms with Crippen LogP contribution in [0.1, 0.15) is 58.6 Å². The predicted octanol–water partition coefficient (Wildman–Crippen LogP) is 8.14. The molecule has 1 nitrogen and oxygen atoms in total. The molecule has 1 heterocycles. The highest BCUT2D eigenvalue weighted by atomic mass is 19.5. The van der Waals surface area contributed by atoms with Crippen LogP contribution in [0.15, 0.2) is 40.8 Å². The molecule has 0 N–H and O–H groups in total. The molecule has 2 rings (SSSR count). The third-order valence-corrected chi connectivity index (χ3v) is 3.82. The fraction of sp³-hybridized carbons (Fsp3) is 0.450. The van der Waals surface area contributed by atoms with E-state index >= 15 is 0 Å². The van der Waals surface area contributed by atoms with Gasteiger partial charge in [0.1, 0.15) is 0 Å². The largest absolute Gasteiger partial charge is 0.673 e. The van der Waals surface area contributed by atoms with E-state index in [1.54, 1.807) is 0 Å². The van der Waals surface area contributed by atoms with Gasteiger partial charge in [-0.25, -0.2) is 4.42 Å². The Balaban J connectivity index is 0.000000749. The lowest BCUT2D eigenvalue weighted by atomic mass is 9.87. The van der Waals surface area contributed by atoms with Crippen LogP contribution in [0.5, 0.6) is 0 Å². The van der Waals surface area contributed by atoms with E-state index in [0.29, 0.717) is 0 Å². The Kier molecular flexibility index (Phi) is 7.20. The van der Waals surface area contributed by atoms with Gasteiger partial charge < -0.3 is 17.3 Å². The summed E-state index contributed by atoms with van der Waals surface area (Å²) in [6, 6.07) is 9.09. The molecule has 162 valence electrons. The minimum absolute atomic E-state index is 0.193. The third-order valence-electron chi connectivity index (χ3n) is 3.82. The van der Waals surface area contributed by atoms with E-state index in [0.717, 1.165) is 34.8 Å². The molecule has 2 aromatic rings. The van der Waals surface area contributed by atoms with E-state index in [4.69, 9.17) is 4.42 Å². The Bertz CT molecular complexity index is 773. The van der Waals surface area contributed by atoms with Crippen LogP contribution in [0.2, 0.25) is 0 Å². The summed E-state index contributed by atoms with van der Waals surface area (Å²) >= 11 is 0. The number of alkyl halides is 3. The molecule has 0 amide bonds. The highest BCUT2D eigenvalue weighted by Gasteiger charge is 2.34. The molecular weight excluding hydrogens is 400 g/mol. The normalized spacial score (nSPS) is 13.0. The first kappa shape index (κ1) is 25.0. The van der Waals surface area contributed by atoms with Crippen LogP contribution in [-0.2, 0) is 17.0 Å². The van der Waals surface area contributed by atoms with Crippen LogP contribution in [0.3, 0.4) is 0 Å². The van der Waals surface area contributed by atoms with Crippen molar-refractivity contribution in [3.63, 3.8) is 0 Å². The van der Waals surface area contributed by atoms with Gasteiger partial charge in [0.15, 0.2) is 0 Å². The predicted molar refractivity (Wildman–Crippen MR) is 101 cm³/mol. The van der Waals surface area contributed by atoms with E-state index in [2.05, 4.69) is 41.5 Å². The monoisotopic (exact) mass is 424 g/mol. The van der Waals surface area contributed by atoms with Crippen LogP contribution in [0, 0.1) is 0 Å². The van der Waals surface area contributed by atoms with Gasteiger partial charge in [0.25, 0.3) is 0 Å². The Morgan fingerprint density at radius 1 is 0.655 bits per heavy atom. The molecule has 0 saturated carbocycles. The smallest absolute Gasteiger partial charge is 0.418 e. The average Bonchev–Trinajstić information content (AvgIpc) is 2.50. The molecule has 0 radical (unpaired) electrons. The lowest BCUT2D eigenvalue weighted by Gasteiger charge is -2.15. The van der Waals surface area contributed by atoms with E-state index in [1.807, 2.05) is 12.1 Å². The first-order valence-corrected chi connectivity index (χ1v) is 8.82. The number of hydrogen-bond donors (Lipinski definition) is 0. The van der Waals surface area contributed by atoms with Crippen LogP contribution in [0.4, 0.5) is 30.4 Å². The molecule has 1 aromatic carbocycles. The second-order valence-electron chi connectivity index (χ2n) is 8.64. The molecule has 0 bridgehead atoms. The van der Waals surface area contributed by atoms with Crippen LogP contribution >= 0.6 is 0 Å². The van der Waals surface area contributed by atoms with Crippen molar-refractivity contribution in [1.82, 2.24) is 0 Å². The fourth-order valence-corrected chi connectivity index (χ4v) is 2.26. The standard InChI is InChI=1S/C20H24F3O.BF4/c1-18(2,3)16-11-14(12-17(24-16)19(4,5)6)13-7-9-15(10-8-13)20(21,22)23;2-1(3,4)5/h7-12H,1-6H3;/q+1;-1. The summed E-state index contributed by atoms with van der Waals surface area (Å²) < 4.78 is 83.3. The van der Waals surface area contributed by atoms with E-state index in [9.17, 15) is 30.4 Å². The molecular formula is C20H24BF7O. The minimum atomic E-state index is -6.00. The Hall–Kier alpha value is -2.06. The molecule has 0 aliphatic heterocycles. The summed E-state index contributed by atoms with van der Waals surface area (Å²) in [6.07, 6.45) is -4.32. The average molecular weight is 424 g/mol. The second-order valence-corrected chi connectivity index (χ2v) is 8.64. The van der Waals surface area contributed by atoms with Gasteiger partial charge in [-0.05, 0) is 64.8 Å². The summed E-state index contributed by atoms with van der Waals surface area (Å²) in [4.78, 5) is 0. The highest BCUT2D eigenvalue weighted by Crippen LogP contribution is 2.35. The van der Waals surface area contributed by atoms with Gasteiger partial charge in [-0.1, -0.05) is 12.1 Å². The lowest BCUT2D eigenvalue weighted by Crippen LogP contribution is -2.16. The first-order chi connectivity index (χ1) is 12.8. The van der Waals surface area contributed by atoms with Gasteiger partial charge in [-0.15, -0.1) is 0 Å². The quantitative estimate of drug-likeness (QED) is 0.256. The topological polar surface area (TPSA) is 11.3 Å². The Labute approximate surface area is 166 Å². The molecule has 0 spiro atoms. The van der Waals surface area contributed by atoms with Gasteiger partial charge in [0, 0.05) is 12.1 Å². The van der Waals surface area contributed by atoms with Crippen molar-refractivity contribution in [2.75, 3.05) is 0 Å². The van der Waals surface area contributed by atoms with Gasteiger partial charge in [0.05, 0.1) is 16.4 Å². The van der Waals surface area contributed by atoms with Crippen molar-refractivity contribution in [2.45, 2.75) is 58.5 Å². The minimum Gasteiger partial charge on any atom is -0.418 e. The fourth-order valence-electron chi connectivity index (χ4n) is 2.26. The molecule has 0 aliphatic rings. The van der Waals surface area contributed by atoms with Crippen molar-refractivity contribution >= 4 is 7.25 Å². The molecule has 0 atom stereocenters. The summed E-state index contributed by atoms with van der Waals surface area (Å²) in [5.41, 5.74) is 0.586. The van der Waals surface area contributed by atoms with Crippen molar-refractivity contribution < 1.29 is 34.9 Å². The zero-order valence-electron chi connectivity index (χ0n) is 17.1. The number of halogens is 7. The molecule has 0 saturated heterocycles. The van der Waals surface area contributed by atoms with Crippen molar-refractivity contribution in [3.8, 4) is 11.1 Å². The SMILES string of the molecule is CC(C)(C)c1cc(-c2ccc(C(F)(F)F)cc2)cc(C(C)(C)C)[o+]1.F[B-](F)(F)F. The highest BCUT2D eigenvalue weighted by molar-refractivity contribution is 6.50. The Morgan fingerprint density at radius 2 is 1.00 bits per heavy atom. The first-order valence-electron chi connectivity index (χ1n) is 8.82. The van der Waals surface area contributed by atoms with Gasteiger partial charge in [-0.3, -0.25) is 0 Å². The lowest BCUT2D eigenvalue weighted by molar-refractivity contribution is -0.137. The summed E-state index contributed by atoms with van der Waals surface area (Å²) in [5.74, 6) is 1.62.